The summed E-state index contributed by atoms with van der Waals surface area (Å²) in [6, 6.07) is 12.9. The van der Waals surface area contributed by atoms with E-state index in [1.807, 2.05) is 23.6 Å². The highest BCUT2D eigenvalue weighted by atomic mass is 35.5. The van der Waals surface area contributed by atoms with Gasteiger partial charge in [-0.3, -0.25) is 9.35 Å². The first-order valence-electron chi connectivity index (χ1n) is 11.8. The van der Waals surface area contributed by atoms with Crippen LogP contribution in [0, 0.1) is 13.8 Å². The SMILES string of the molecule is CCCCCN(CC)c1ccc(Cn2cc(C(=O)N(c3ccc(C)cc3)S(=O)O)nc2C)c(Cl)c1. The summed E-state index contributed by atoms with van der Waals surface area (Å²) in [6.07, 6.45) is 5.13. The number of carbonyl (C=O) groups is 1. The molecular weight excluding hydrogens is 484 g/mol. The summed E-state index contributed by atoms with van der Waals surface area (Å²) >= 11 is 4.11. The minimum atomic E-state index is -2.53. The second-order valence-corrected chi connectivity index (χ2v) is 9.76. The Kier molecular flexibility index (Phi) is 9.48. The molecule has 0 aliphatic heterocycles. The molecule has 1 unspecified atom stereocenters. The van der Waals surface area contributed by atoms with Crippen LogP contribution in [0.3, 0.4) is 0 Å². The maximum atomic E-state index is 13.1. The lowest BCUT2D eigenvalue weighted by atomic mass is 10.1. The summed E-state index contributed by atoms with van der Waals surface area (Å²) < 4.78 is 24.4. The lowest BCUT2D eigenvalue weighted by Crippen LogP contribution is -2.32. The van der Waals surface area contributed by atoms with Crippen molar-refractivity contribution < 1.29 is 13.6 Å². The highest BCUT2D eigenvalue weighted by molar-refractivity contribution is 7.81. The Morgan fingerprint density at radius 2 is 1.77 bits per heavy atom. The van der Waals surface area contributed by atoms with Gasteiger partial charge in [-0.15, -0.1) is 0 Å². The van der Waals surface area contributed by atoms with Gasteiger partial charge in [-0.05, 0) is 57.0 Å². The average molecular weight is 517 g/mol. The molecule has 0 bridgehead atoms. The summed E-state index contributed by atoms with van der Waals surface area (Å²) in [7, 11) is 0. The maximum absolute atomic E-state index is 13.1. The smallest absolute Gasteiger partial charge is 0.292 e. The molecule has 0 saturated carbocycles. The molecule has 0 radical (unpaired) electrons. The summed E-state index contributed by atoms with van der Waals surface area (Å²) in [5, 5.41) is 0.648. The van der Waals surface area contributed by atoms with E-state index in [0.29, 0.717) is 23.1 Å². The minimum Gasteiger partial charge on any atom is -0.372 e. The maximum Gasteiger partial charge on any atom is 0.292 e. The van der Waals surface area contributed by atoms with Crippen LogP contribution in [-0.2, 0) is 17.8 Å². The van der Waals surface area contributed by atoms with Gasteiger partial charge in [0.1, 0.15) is 11.5 Å². The van der Waals surface area contributed by atoms with Crippen molar-refractivity contribution in [3.63, 3.8) is 0 Å². The number of carbonyl (C=O) groups excluding carboxylic acids is 1. The van der Waals surface area contributed by atoms with E-state index in [1.54, 1.807) is 37.4 Å². The van der Waals surface area contributed by atoms with Crippen molar-refractivity contribution in [1.82, 2.24) is 9.55 Å². The Morgan fingerprint density at radius 1 is 1.09 bits per heavy atom. The van der Waals surface area contributed by atoms with Gasteiger partial charge in [0.05, 0.1) is 12.2 Å². The van der Waals surface area contributed by atoms with E-state index in [4.69, 9.17) is 11.6 Å². The number of aryl methyl sites for hydroxylation is 2. The Bertz CT molecular complexity index is 1180. The molecule has 3 rings (SSSR count). The Hall–Kier alpha value is -2.68. The number of halogens is 1. The molecule has 188 valence electrons. The van der Waals surface area contributed by atoms with Crippen molar-refractivity contribution in [3.05, 3.63) is 76.3 Å². The van der Waals surface area contributed by atoms with E-state index in [-0.39, 0.29) is 5.69 Å². The van der Waals surface area contributed by atoms with Crippen LogP contribution in [0.25, 0.3) is 0 Å². The lowest BCUT2D eigenvalue weighted by Gasteiger charge is -2.24. The van der Waals surface area contributed by atoms with Crippen LogP contribution in [0.2, 0.25) is 5.02 Å². The fraction of sp³-hybridized carbons (Fsp3) is 0.385. The molecule has 1 atom stereocenters. The average Bonchev–Trinajstić information content (AvgIpc) is 3.19. The molecule has 1 amide bonds. The number of benzene rings is 2. The fourth-order valence-corrected chi connectivity index (χ4v) is 4.67. The molecule has 1 N–H and O–H groups in total. The summed E-state index contributed by atoms with van der Waals surface area (Å²) in [4.78, 5) is 19.8. The predicted octanol–water partition coefficient (Wildman–Crippen LogP) is 6.00. The largest absolute Gasteiger partial charge is 0.372 e. The van der Waals surface area contributed by atoms with E-state index in [9.17, 15) is 13.6 Å². The van der Waals surface area contributed by atoms with Gasteiger partial charge < -0.3 is 9.47 Å². The second-order valence-electron chi connectivity index (χ2n) is 8.53. The van der Waals surface area contributed by atoms with Crippen molar-refractivity contribution in [1.29, 1.82) is 0 Å². The fourth-order valence-electron chi connectivity index (χ4n) is 3.90. The number of aromatic nitrogens is 2. The number of unbranched alkanes of at least 4 members (excludes halogenated alkanes) is 2. The van der Waals surface area contributed by atoms with Crippen LogP contribution < -0.4 is 9.21 Å². The summed E-state index contributed by atoms with van der Waals surface area (Å²) in [6.45, 7) is 10.4. The first-order valence-corrected chi connectivity index (χ1v) is 13.3. The molecule has 0 aliphatic carbocycles. The quantitative estimate of drug-likeness (QED) is 0.250. The third-order valence-corrected chi connectivity index (χ3v) is 7.00. The molecule has 0 aliphatic rings. The normalized spacial score (nSPS) is 11.9. The van der Waals surface area contributed by atoms with Crippen molar-refractivity contribution >= 4 is 40.1 Å². The molecule has 0 spiro atoms. The zero-order valence-corrected chi connectivity index (χ0v) is 22.3. The third kappa shape index (κ3) is 6.72. The van der Waals surface area contributed by atoms with Crippen LogP contribution in [0.4, 0.5) is 11.4 Å². The Morgan fingerprint density at radius 3 is 2.37 bits per heavy atom. The number of nitrogens with zero attached hydrogens (tertiary/aromatic N) is 4. The lowest BCUT2D eigenvalue weighted by molar-refractivity contribution is 0.100. The van der Waals surface area contributed by atoms with E-state index < -0.39 is 17.2 Å². The molecule has 0 saturated heterocycles. The van der Waals surface area contributed by atoms with Crippen molar-refractivity contribution in [2.24, 2.45) is 0 Å². The van der Waals surface area contributed by atoms with Gasteiger partial charge >= 0.3 is 0 Å². The number of hydrogen-bond acceptors (Lipinski definition) is 4. The van der Waals surface area contributed by atoms with Crippen LogP contribution in [0.1, 0.15) is 60.5 Å². The molecule has 3 aromatic rings. The van der Waals surface area contributed by atoms with Crippen LogP contribution in [-0.4, -0.2) is 37.3 Å². The van der Waals surface area contributed by atoms with Gasteiger partial charge in [-0.2, -0.15) is 0 Å². The summed E-state index contributed by atoms with van der Waals surface area (Å²) in [5.74, 6) is -0.0422. The molecule has 35 heavy (non-hydrogen) atoms. The number of imidazole rings is 1. The van der Waals surface area contributed by atoms with Gasteiger partial charge in [-0.25, -0.2) is 13.5 Å². The zero-order chi connectivity index (χ0) is 25.5. The minimum absolute atomic E-state index is 0.0892. The van der Waals surface area contributed by atoms with Crippen LogP contribution in [0.5, 0.6) is 0 Å². The standard InChI is InChI=1S/C26H33ClN4O3S/c1-5-7-8-15-29(6-2)23-14-11-21(24(27)16-23)17-30-18-25(28-20(30)4)26(32)31(35(33)34)22-12-9-19(3)10-13-22/h9-14,16,18H,5-8,15,17H2,1-4H3,(H,33,34). The van der Waals surface area contributed by atoms with Crippen LogP contribution >= 0.6 is 11.6 Å². The molecule has 1 heterocycles. The molecule has 1 aromatic heterocycles. The highest BCUT2D eigenvalue weighted by Gasteiger charge is 2.25. The second kappa shape index (κ2) is 12.3. The van der Waals surface area contributed by atoms with Crippen molar-refractivity contribution in [2.75, 3.05) is 22.3 Å². The van der Waals surface area contributed by atoms with E-state index in [0.717, 1.165) is 40.6 Å². The summed E-state index contributed by atoms with van der Waals surface area (Å²) in [5.41, 5.74) is 3.39. The molecule has 2 aromatic carbocycles. The van der Waals surface area contributed by atoms with Crippen molar-refractivity contribution in [3.8, 4) is 0 Å². The molecule has 0 fully saturated rings. The highest BCUT2D eigenvalue weighted by Crippen LogP contribution is 2.26. The van der Waals surface area contributed by atoms with E-state index in [2.05, 4.69) is 29.8 Å². The van der Waals surface area contributed by atoms with Gasteiger partial charge in [0, 0.05) is 30.0 Å². The Labute approximate surface area is 215 Å². The monoisotopic (exact) mass is 516 g/mol. The van der Waals surface area contributed by atoms with Gasteiger partial charge in [0.2, 0.25) is 0 Å². The predicted molar refractivity (Wildman–Crippen MR) is 144 cm³/mol. The van der Waals surface area contributed by atoms with E-state index >= 15 is 0 Å². The molecular formula is C26H33ClN4O3S. The molecule has 9 heteroatoms. The number of amides is 1. The molecule has 7 nitrogen and oxygen atoms in total. The van der Waals surface area contributed by atoms with Gasteiger partial charge in [0.15, 0.2) is 0 Å². The third-order valence-electron chi connectivity index (χ3n) is 5.96. The first-order chi connectivity index (χ1) is 16.7. The number of hydrogen-bond donors (Lipinski definition) is 1. The topological polar surface area (TPSA) is 78.7 Å². The van der Waals surface area contributed by atoms with Gasteiger partial charge in [0.25, 0.3) is 17.2 Å². The van der Waals surface area contributed by atoms with Crippen LogP contribution in [0.15, 0.2) is 48.7 Å². The number of anilines is 2. The van der Waals surface area contributed by atoms with Crippen molar-refractivity contribution in [2.45, 2.75) is 53.5 Å². The number of rotatable bonds is 11. The van der Waals surface area contributed by atoms with E-state index in [1.165, 1.54) is 12.8 Å². The Balaban J connectivity index is 1.80. The first kappa shape index (κ1) is 26.9. The van der Waals surface area contributed by atoms with Gasteiger partial charge in [-0.1, -0.05) is 55.1 Å². The zero-order valence-electron chi connectivity index (χ0n) is 20.7.